The summed E-state index contributed by atoms with van der Waals surface area (Å²) in [4.78, 5) is 14.9. The van der Waals surface area contributed by atoms with Crippen LogP contribution in [0.3, 0.4) is 0 Å². The molecule has 0 heterocycles. The number of hydrogen-bond acceptors (Lipinski definition) is 2. The molecule has 1 saturated carbocycles. The van der Waals surface area contributed by atoms with Crippen LogP contribution in [0.2, 0.25) is 0 Å². The zero-order valence-corrected chi connectivity index (χ0v) is 11.7. The maximum Gasteiger partial charge on any atom is 0.255 e. The Morgan fingerprint density at radius 3 is 2.61 bits per heavy atom. The van der Waals surface area contributed by atoms with Gasteiger partial charge in [-0.2, -0.15) is 0 Å². The quantitative estimate of drug-likeness (QED) is 0.838. The number of hydrogen-bond donors (Lipinski definition) is 0. The van der Waals surface area contributed by atoms with Crippen LogP contribution < -0.4 is 0 Å². The molecule has 2 rings (SSSR count). The summed E-state index contributed by atoms with van der Waals surface area (Å²) in [5, 5.41) is 0. The predicted molar refractivity (Wildman–Crippen MR) is 73.1 cm³/mol. The van der Waals surface area contributed by atoms with Crippen molar-refractivity contribution in [2.75, 3.05) is 12.8 Å². The SMILES string of the molecule is CCS(=O)c1ccccc1C(=O)N(C)C1CCC1. The minimum absolute atomic E-state index is 0.00269. The van der Waals surface area contributed by atoms with Crippen LogP contribution in [0, 0.1) is 0 Å². The molecule has 4 heteroatoms. The van der Waals surface area contributed by atoms with Gasteiger partial charge >= 0.3 is 0 Å². The number of nitrogens with zero attached hydrogens (tertiary/aromatic N) is 1. The molecule has 0 spiro atoms. The van der Waals surface area contributed by atoms with Crippen LogP contribution in [0.5, 0.6) is 0 Å². The van der Waals surface area contributed by atoms with Gasteiger partial charge in [0.1, 0.15) is 0 Å². The Morgan fingerprint density at radius 1 is 1.39 bits per heavy atom. The summed E-state index contributed by atoms with van der Waals surface area (Å²) in [6.07, 6.45) is 3.37. The normalized spacial score (nSPS) is 17.0. The Kier molecular flexibility index (Phi) is 4.17. The molecule has 1 fully saturated rings. The molecule has 1 aliphatic carbocycles. The fourth-order valence-corrected chi connectivity index (χ4v) is 3.07. The van der Waals surface area contributed by atoms with Crippen LogP contribution in [-0.4, -0.2) is 33.9 Å². The van der Waals surface area contributed by atoms with Crippen LogP contribution in [-0.2, 0) is 10.8 Å². The van der Waals surface area contributed by atoms with Gasteiger partial charge < -0.3 is 4.90 Å². The first-order valence-corrected chi connectivity index (χ1v) is 7.71. The highest BCUT2D eigenvalue weighted by molar-refractivity contribution is 7.85. The van der Waals surface area contributed by atoms with E-state index in [-0.39, 0.29) is 5.91 Å². The number of rotatable bonds is 4. The van der Waals surface area contributed by atoms with Gasteiger partial charge in [-0.3, -0.25) is 9.00 Å². The number of carbonyl (C=O) groups is 1. The summed E-state index contributed by atoms with van der Waals surface area (Å²) in [6, 6.07) is 7.60. The molecular formula is C14H19NO2S. The lowest BCUT2D eigenvalue weighted by Crippen LogP contribution is -2.41. The maximum atomic E-state index is 12.4. The first-order valence-electron chi connectivity index (χ1n) is 6.39. The van der Waals surface area contributed by atoms with Crippen LogP contribution in [0.1, 0.15) is 36.5 Å². The van der Waals surface area contributed by atoms with E-state index >= 15 is 0 Å². The van der Waals surface area contributed by atoms with Crippen molar-refractivity contribution in [3.63, 3.8) is 0 Å². The Labute approximate surface area is 111 Å². The van der Waals surface area contributed by atoms with Crippen LogP contribution in [0.25, 0.3) is 0 Å². The van der Waals surface area contributed by atoms with Crippen molar-refractivity contribution in [1.82, 2.24) is 4.90 Å². The van der Waals surface area contributed by atoms with E-state index in [1.807, 2.05) is 26.1 Å². The molecular weight excluding hydrogens is 246 g/mol. The second-order valence-electron chi connectivity index (χ2n) is 4.63. The number of amides is 1. The minimum atomic E-state index is -1.08. The van der Waals surface area contributed by atoms with E-state index in [0.29, 0.717) is 22.3 Å². The van der Waals surface area contributed by atoms with Crippen molar-refractivity contribution >= 4 is 16.7 Å². The minimum Gasteiger partial charge on any atom is -0.339 e. The molecule has 98 valence electrons. The zero-order valence-electron chi connectivity index (χ0n) is 10.9. The highest BCUT2D eigenvalue weighted by Crippen LogP contribution is 2.26. The van der Waals surface area contributed by atoms with Crippen molar-refractivity contribution in [3.8, 4) is 0 Å². The molecule has 18 heavy (non-hydrogen) atoms. The summed E-state index contributed by atoms with van der Waals surface area (Å²) >= 11 is 0. The lowest BCUT2D eigenvalue weighted by Gasteiger charge is -2.35. The van der Waals surface area contributed by atoms with E-state index in [9.17, 15) is 9.00 Å². The Balaban J connectivity index is 2.26. The van der Waals surface area contributed by atoms with E-state index in [2.05, 4.69) is 0 Å². The van der Waals surface area contributed by atoms with Crippen LogP contribution >= 0.6 is 0 Å². The fourth-order valence-electron chi connectivity index (χ4n) is 2.13. The van der Waals surface area contributed by atoms with E-state index < -0.39 is 10.8 Å². The van der Waals surface area contributed by atoms with E-state index in [1.165, 1.54) is 6.42 Å². The third-order valence-corrected chi connectivity index (χ3v) is 4.94. The van der Waals surface area contributed by atoms with E-state index in [4.69, 9.17) is 0 Å². The summed E-state index contributed by atoms with van der Waals surface area (Å²) in [7, 11) is 0.761. The Hall–Kier alpha value is -1.16. The monoisotopic (exact) mass is 265 g/mol. The fraction of sp³-hybridized carbons (Fsp3) is 0.500. The molecule has 0 saturated heterocycles. The average Bonchev–Trinajstić information content (AvgIpc) is 2.34. The van der Waals surface area contributed by atoms with Crippen molar-refractivity contribution in [2.24, 2.45) is 0 Å². The lowest BCUT2D eigenvalue weighted by atomic mass is 9.91. The van der Waals surface area contributed by atoms with Gasteiger partial charge in [0, 0.05) is 18.8 Å². The topological polar surface area (TPSA) is 37.4 Å². The van der Waals surface area contributed by atoms with Crippen molar-refractivity contribution < 1.29 is 9.00 Å². The van der Waals surface area contributed by atoms with Crippen molar-refractivity contribution in [1.29, 1.82) is 0 Å². The van der Waals surface area contributed by atoms with Gasteiger partial charge in [0.05, 0.1) is 21.3 Å². The molecule has 1 amide bonds. The van der Waals surface area contributed by atoms with Crippen molar-refractivity contribution in [2.45, 2.75) is 37.1 Å². The van der Waals surface area contributed by atoms with Crippen LogP contribution in [0.15, 0.2) is 29.2 Å². The standard InChI is InChI=1S/C14H19NO2S/c1-3-18(17)13-10-5-4-9-12(13)14(16)15(2)11-7-6-8-11/h4-5,9-11H,3,6-8H2,1-2H3. The number of benzene rings is 1. The molecule has 0 bridgehead atoms. The van der Waals surface area contributed by atoms with Gasteiger partial charge in [0.15, 0.2) is 0 Å². The van der Waals surface area contributed by atoms with Gasteiger partial charge in [-0.25, -0.2) is 0 Å². The molecule has 3 nitrogen and oxygen atoms in total. The third kappa shape index (κ3) is 2.48. The molecule has 0 aliphatic heterocycles. The van der Waals surface area contributed by atoms with Gasteiger partial charge in [0.2, 0.25) is 0 Å². The first kappa shape index (κ1) is 13.3. The third-order valence-electron chi connectivity index (χ3n) is 3.57. The molecule has 1 atom stereocenters. The van der Waals surface area contributed by atoms with E-state index in [1.54, 1.807) is 17.0 Å². The highest BCUT2D eigenvalue weighted by atomic mass is 32.2. The molecule has 1 aliphatic rings. The molecule has 1 unspecified atom stereocenters. The largest absolute Gasteiger partial charge is 0.339 e. The molecule has 0 aromatic heterocycles. The first-order chi connectivity index (χ1) is 8.65. The smallest absolute Gasteiger partial charge is 0.255 e. The zero-order chi connectivity index (χ0) is 13.1. The average molecular weight is 265 g/mol. The predicted octanol–water partition coefficient (Wildman–Crippen LogP) is 2.44. The van der Waals surface area contributed by atoms with Gasteiger partial charge in [-0.05, 0) is 31.4 Å². The van der Waals surface area contributed by atoms with Gasteiger partial charge in [-0.15, -0.1) is 0 Å². The molecule has 0 N–H and O–H groups in total. The summed E-state index contributed by atoms with van der Waals surface area (Å²) in [6.45, 7) is 1.87. The lowest BCUT2D eigenvalue weighted by molar-refractivity contribution is 0.0648. The van der Waals surface area contributed by atoms with Gasteiger partial charge in [-0.1, -0.05) is 19.1 Å². The summed E-state index contributed by atoms with van der Waals surface area (Å²) in [5.41, 5.74) is 0.590. The summed E-state index contributed by atoms with van der Waals surface area (Å²) < 4.78 is 12.0. The Bertz CT molecular complexity index is 469. The van der Waals surface area contributed by atoms with E-state index in [0.717, 1.165) is 12.8 Å². The maximum absolute atomic E-state index is 12.4. The van der Waals surface area contributed by atoms with Crippen LogP contribution in [0.4, 0.5) is 0 Å². The second kappa shape index (κ2) is 5.65. The second-order valence-corrected chi connectivity index (χ2v) is 6.34. The molecule has 1 aromatic carbocycles. The number of carbonyl (C=O) groups excluding carboxylic acids is 1. The summed E-state index contributed by atoms with van der Waals surface area (Å²) in [5.74, 6) is 0.536. The highest BCUT2D eigenvalue weighted by Gasteiger charge is 2.27. The van der Waals surface area contributed by atoms with Crippen molar-refractivity contribution in [3.05, 3.63) is 29.8 Å². The molecule has 0 radical (unpaired) electrons. The Morgan fingerprint density at radius 2 is 2.06 bits per heavy atom. The molecule has 1 aromatic rings. The van der Waals surface area contributed by atoms with Gasteiger partial charge in [0.25, 0.3) is 5.91 Å².